The fraction of sp³-hybridized carbons (Fsp3) is 0.0435. The highest BCUT2D eigenvalue weighted by Crippen LogP contribution is 2.34. The number of ether oxygens (including phenoxy) is 2. The number of fused-ring (bicyclic) bond motifs is 3. The highest BCUT2D eigenvalue weighted by Gasteiger charge is 2.18. The van der Waals surface area contributed by atoms with E-state index in [-0.39, 0.29) is 28.3 Å². The lowest BCUT2D eigenvalue weighted by Crippen LogP contribution is -2.08. The van der Waals surface area contributed by atoms with Crippen LogP contribution in [0.4, 0.5) is 5.82 Å². The smallest absolute Gasteiger partial charge is 0.261 e. The molecule has 2 aromatic heterocycles. The van der Waals surface area contributed by atoms with E-state index < -0.39 is 0 Å². The van der Waals surface area contributed by atoms with E-state index >= 15 is 0 Å². The number of nitrogens with two attached hydrogens (primary N) is 1. The lowest BCUT2D eigenvalue weighted by Gasteiger charge is -2.07. The van der Waals surface area contributed by atoms with Gasteiger partial charge in [-0.2, -0.15) is 5.10 Å². The topological polar surface area (TPSA) is 115 Å². The normalized spacial score (nSPS) is 11.1. The molecule has 2 heterocycles. The lowest BCUT2D eigenvalue weighted by atomic mass is 10.1. The minimum Gasteiger partial charge on any atom is -0.504 e. The number of nitrogens with one attached hydrogen (secondary N) is 1. The van der Waals surface area contributed by atoms with Gasteiger partial charge >= 0.3 is 0 Å². The molecule has 31 heavy (non-hydrogen) atoms. The lowest BCUT2D eigenvalue weighted by molar-refractivity contribution is 0.374. The van der Waals surface area contributed by atoms with Crippen LogP contribution in [-0.2, 0) is 0 Å². The van der Waals surface area contributed by atoms with Gasteiger partial charge in [-0.15, -0.1) is 0 Å². The molecule has 3 aromatic carbocycles. The zero-order valence-corrected chi connectivity index (χ0v) is 16.5. The summed E-state index contributed by atoms with van der Waals surface area (Å²) in [5.41, 5.74) is 7.43. The Bertz CT molecular complexity index is 1470. The second-order valence-corrected chi connectivity index (χ2v) is 6.95. The van der Waals surface area contributed by atoms with Crippen LogP contribution in [0.1, 0.15) is 0 Å². The van der Waals surface area contributed by atoms with E-state index in [9.17, 15) is 9.90 Å². The van der Waals surface area contributed by atoms with Crippen molar-refractivity contribution in [1.29, 1.82) is 0 Å². The largest absolute Gasteiger partial charge is 0.504 e. The Morgan fingerprint density at radius 2 is 1.74 bits per heavy atom. The Balaban J connectivity index is 1.62. The van der Waals surface area contributed by atoms with Crippen molar-refractivity contribution in [1.82, 2.24) is 14.8 Å². The predicted molar refractivity (Wildman–Crippen MR) is 118 cm³/mol. The number of anilines is 1. The van der Waals surface area contributed by atoms with Crippen molar-refractivity contribution in [3.05, 3.63) is 77.1 Å². The summed E-state index contributed by atoms with van der Waals surface area (Å²) in [5.74, 6) is 1.80. The third-order valence-corrected chi connectivity index (χ3v) is 5.03. The zero-order chi connectivity index (χ0) is 21.5. The number of aromatic nitrogens is 3. The molecule has 0 aliphatic heterocycles. The summed E-state index contributed by atoms with van der Waals surface area (Å²) in [6, 6.07) is 19.7. The molecule has 0 aliphatic carbocycles. The number of pyridine rings is 1. The van der Waals surface area contributed by atoms with E-state index in [1.165, 1.54) is 17.9 Å². The molecule has 154 valence electrons. The summed E-state index contributed by atoms with van der Waals surface area (Å²) in [7, 11) is 1.45. The van der Waals surface area contributed by atoms with Gasteiger partial charge in [0.05, 0.1) is 18.3 Å². The number of benzene rings is 3. The maximum atomic E-state index is 12.7. The number of aromatic amines is 1. The molecule has 4 N–H and O–H groups in total. The molecule has 0 spiro atoms. The summed E-state index contributed by atoms with van der Waals surface area (Å²) in [6.07, 6.45) is 0. The molecule has 8 heteroatoms. The van der Waals surface area contributed by atoms with Crippen LogP contribution in [0.3, 0.4) is 0 Å². The Labute approximate surface area is 176 Å². The summed E-state index contributed by atoms with van der Waals surface area (Å²) >= 11 is 0. The van der Waals surface area contributed by atoms with Crippen LogP contribution < -0.4 is 20.8 Å². The molecule has 5 rings (SSSR count). The number of H-pyrrole nitrogens is 1. The van der Waals surface area contributed by atoms with Crippen molar-refractivity contribution >= 4 is 27.6 Å². The van der Waals surface area contributed by atoms with E-state index in [2.05, 4.69) is 10.1 Å². The van der Waals surface area contributed by atoms with Crippen LogP contribution in [0.25, 0.3) is 27.5 Å². The number of phenols is 1. The highest BCUT2D eigenvalue weighted by atomic mass is 16.5. The Morgan fingerprint density at radius 1 is 1.03 bits per heavy atom. The number of methoxy groups -OCH3 is 1. The van der Waals surface area contributed by atoms with E-state index in [1.807, 2.05) is 42.5 Å². The fourth-order valence-corrected chi connectivity index (χ4v) is 3.54. The van der Waals surface area contributed by atoms with E-state index in [0.29, 0.717) is 27.9 Å². The summed E-state index contributed by atoms with van der Waals surface area (Å²) in [4.78, 5) is 15.4. The van der Waals surface area contributed by atoms with Crippen molar-refractivity contribution in [2.75, 3.05) is 12.8 Å². The van der Waals surface area contributed by atoms with Crippen molar-refractivity contribution in [3.63, 3.8) is 0 Å². The van der Waals surface area contributed by atoms with Gasteiger partial charge in [-0.25, -0.2) is 4.68 Å². The standard InChI is InChI=1S/C23H18N4O4/c1-30-19-11-16-17(12-18(19)28)25-23(29)20-21(16)26-27(22(20)24)13-7-9-15(10-8-13)31-14-5-3-2-4-6-14/h2-12,28H,24H2,1H3,(H,25,29). The van der Waals surface area contributed by atoms with Crippen LogP contribution in [0.2, 0.25) is 0 Å². The van der Waals surface area contributed by atoms with E-state index in [0.717, 1.165) is 5.75 Å². The van der Waals surface area contributed by atoms with Gasteiger partial charge in [-0.3, -0.25) is 4.79 Å². The predicted octanol–water partition coefficient (Wildman–Crippen LogP) is 3.96. The number of phenolic OH excluding ortho intramolecular Hbond substituents is 1. The van der Waals surface area contributed by atoms with Crippen molar-refractivity contribution in [3.8, 4) is 28.7 Å². The minimum absolute atomic E-state index is 0.0774. The summed E-state index contributed by atoms with van der Waals surface area (Å²) in [5, 5.41) is 15.5. The van der Waals surface area contributed by atoms with Gasteiger partial charge in [0.2, 0.25) is 0 Å². The number of hydrogen-bond donors (Lipinski definition) is 3. The number of nitrogen functional groups attached to an aromatic ring is 1. The number of aromatic hydroxyl groups is 1. The molecule has 0 amide bonds. The molecular weight excluding hydrogens is 396 g/mol. The summed E-state index contributed by atoms with van der Waals surface area (Å²) < 4.78 is 12.5. The van der Waals surface area contributed by atoms with Crippen LogP contribution in [0.5, 0.6) is 23.0 Å². The first-order chi connectivity index (χ1) is 15.0. The van der Waals surface area contributed by atoms with Crippen LogP contribution in [-0.4, -0.2) is 27.0 Å². The second-order valence-electron chi connectivity index (χ2n) is 6.95. The van der Waals surface area contributed by atoms with Crippen molar-refractivity contribution in [2.45, 2.75) is 0 Å². The minimum atomic E-state index is -0.389. The molecule has 0 aliphatic rings. The number of hydrogen-bond acceptors (Lipinski definition) is 6. The SMILES string of the molecule is COc1cc2c(cc1O)[nH]c(=O)c1c(N)n(-c3ccc(Oc4ccccc4)cc3)nc12. The van der Waals surface area contributed by atoms with Gasteiger partial charge in [-0.05, 0) is 42.5 Å². The molecule has 0 radical (unpaired) electrons. The van der Waals surface area contributed by atoms with E-state index in [4.69, 9.17) is 15.2 Å². The quantitative estimate of drug-likeness (QED) is 0.410. The molecular formula is C23H18N4O4. The van der Waals surface area contributed by atoms with Crippen LogP contribution in [0, 0.1) is 0 Å². The number of rotatable bonds is 4. The molecule has 0 saturated heterocycles. The van der Waals surface area contributed by atoms with Crippen molar-refractivity contribution in [2.24, 2.45) is 0 Å². The van der Waals surface area contributed by atoms with Gasteiger partial charge in [0, 0.05) is 11.5 Å². The molecule has 0 bridgehead atoms. The fourth-order valence-electron chi connectivity index (χ4n) is 3.54. The Hall–Kier alpha value is -4.46. The van der Waals surface area contributed by atoms with Gasteiger partial charge < -0.3 is 25.3 Å². The number of para-hydroxylation sites is 1. The van der Waals surface area contributed by atoms with Crippen LogP contribution in [0.15, 0.2) is 71.5 Å². The van der Waals surface area contributed by atoms with Crippen molar-refractivity contribution < 1.29 is 14.6 Å². The molecule has 0 fully saturated rings. The van der Waals surface area contributed by atoms with Gasteiger partial charge in [0.25, 0.3) is 5.56 Å². The van der Waals surface area contributed by atoms with Crippen LogP contribution >= 0.6 is 0 Å². The molecule has 5 aromatic rings. The summed E-state index contributed by atoms with van der Waals surface area (Å²) in [6.45, 7) is 0. The average Bonchev–Trinajstić information content (AvgIpc) is 3.13. The maximum Gasteiger partial charge on any atom is 0.261 e. The van der Waals surface area contributed by atoms with Gasteiger partial charge in [-0.1, -0.05) is 18.2 Å². The third kappa shape index (κ3) is 3.10. The Kier molecular flexibility index (Phi) is 4.25. The second kappa shape index (κ2) is 7.10. The number of nitrogens with zero attached hydrogens (tertiary/aromatic N) is 2. The Morgan fingerprint density at radius 3 is 2.45 bits per heavy atom. The first-order valence-electron chi connectivity index (χ1n) is 9.49. The zero-order valence-electron chi connectivity index (χ0n) is 16.5. The monoisotopic (exact) mass is 414 g/mol. The highest BCUT2D eigenvalue weighted by molar-refractivity contribution is 6.07. The maximum absolute atomic E-state index is 12.7. The first-order valence-corrected chi connectivity index (χ1v) is 9.49. The van der Waals surface area contributed by atoms with Gasteiger partial charge in [0.1, 0.15) is 28.2 Å². The van der Waals surface area contributed by atoms with E-state index in [1.54, 1.807) is 18.2 Å². The average molecular weight is 414 g/mol. The molecule has 8 nitrogen and oxygen atoms in total. The first kappa shape index (κ1) is 18.6. The molecule has 0 unspecified atom stereocenters. The van der Waals surface area contributed by atoms with Gasteiger partial charge in [0.15, 0.2) is 11.5 Å². The third-order valence-electron chi connectivity index (χ3n) is 5.03. The molecule has 0 atom stereocenters. The molecule has 0 saturated carbocycles.